The van der Waals surface area contributed by atoms with E-state index in [-0.39, 0.29) is 23.2 Å². The molecular formula is C16H11ClF3N5O. The highest BCUT2D eigenvalue weighted by Crippen LogP contribution is 2.48. The molecule has 0 radical (unpaired) electrons. The van der Waals surface area contributed by atoms with Crippen LogP contribution < -0.4 is 5.32 Å². The van der Waals surface area contributed by atoms with Gasteiger partial charge in [0, 0.05) is 18.0 Å². The molecule has 26 heavy (non-hydrogen) atoms. The molecule has 0 unspecified atom stereocenters. The molecular weight excluding hydrogens is 371 g/mol. The van der Waals surface area contributed by atoms with Crippen molar-refractivity contribution < 1.29 is 17.6 Å². The van der Waals surface area contributed by atoms with Crippen LogP contribution in [0.15, 0.2) is 41.1 Å². The summed E-state index contributed by atoms with van der Waals surface area (Å²) in [5.41, 5.74) is 0.273. The third kappa shape index (κ3) is 3.10. The maximum atomic E-state index is 14.0. The highest BCUT2D eigenvalue weighted by Gasteiger charge is 2.46. The van der Waals surface area contributed by atoms with Crippen molar-refractivity contribution in [2.45, 2.75) is 23.8 Å². The molecule has 10 heteroatoms. The Morgan fingerprint density at radius 3 is 2.38 bits per heavy atom. The summed E-state index contributed by atoms with van der Waals surface area (Å²) >= 11 is 4.83. The average Bonchev–Trinajstić information content (AvgIpc) is 3.19. The Morgan fingerprint density at radius 1 is 1.12 bits per heavy atom. The van der Waals surface area contributed by atoms with E-state index in [0.29, 0.717) is 5.56 Å². The van der Waals surface area contributed by atoms with Crippen LogP contribution in [-0.2, 0) is 10.9 Å². The number of anilines is 1. The van der Waals surface area contributed by atoms with Crippen molar-refractivity contribution in [1.29, 1.82) is 0 Å². The van der Waals surface area contributed by atoms with E-state index in [9.17, 15) is 13.2 Å². The highest BCUT2D eigenvalue weighted by molar-refractivity contribution is 6.21. The van der Waals surface area contributed by atoms with Crippen molar-refractivity contribution in [2.24, 2.45) is 0 Å². The fraction of sp³-hybridized carbons (Fsp3) is 0.250. The van der Waals surface area contributed by atoms with Gasteiger partial charge in [-0.3, -0.25) is 0 Å². The van der Waals surface area contributed by atoms with Crippen molar-refractivity contribution in [3.05, 3.63) is 53.9 Å². The number of nitrogens with zero attached hydrogens (tertiary/aromatic N) is 4. The third-order valence-electron chi connectivity index (χ3n) is 4.06. The summed E-state index contributed by atoms with van der Waals surface area (Å²) in [5, 5.41) is 6.07. The average molecular weight is 382 g/mol. The van der Waals surface area contributed by atoms with Crippen LogP contribution in [0, 0.1) is 5.82 Å². The van der Waals surface area contributed by atoms with Crippen LogP contribution in [0.2, 0.25) is 0 Å². The van der Waals surface area contributed by atoms with Crippen LogP contribution in [0.1, 0.15) is 24.3 Å². The molecule has 1 fully saturated rings. The molecule has 134 valence electrons. The van der Waals surface area contributed by atoms with Gasteiger partial charge in [0.25, 0.3) is 5.89 Å². The molecule has 1 aliphatic rings. The molecule has 0 amide bonds. The molecule has 0 atom stereocenters. The van der Waals surface area contributed by atoms with E-state index >= 15 is 0 Å². The Morgan fingerprint density at radius 2 is 1.81 bits per heavy atom. The number of benzene rings is 1. The molecule has 4 rings (SSSR count). The molecule has 1 aromatic carbocycles. The lowest BCUT2D eigenvalue weighted by atomic mass is 10.0. The summed E-state index contributed by atoms with van der Waals surface area (Å²) in [7, 11) is 0. The van der Waals surface area contributed by atoms with Gasteiger partial charge in [0.15, 0.2) is 0 Å². The van der Waals surface area contributed by atoms with Crippen molar-refractivity contribution >= 4 is 17.5 Å². The van der Waals surface area contributed by atoms with Crippen molar-refractivity contribution in [3.63, 3.8) is 0 Å². The Hall–Kier alpha value is -2.68. The van der Waals surface area contributed by atoms with Gasteiger partial charge >= 0.3 is 11.3 Å². The van der Waals surface area contributed by atoms with Gasteiger partial charge in [-0.25, -0.2) is 14.4 Å². The molecule has 0 aliphatic heterocycles. The van der Waals surface area contributed by atoms with E-state index in [1.54, 1.807) is 18.2 Å². The number of halogens is 4. The molecule has 3 aromatic rings. The molecule has 1 aliphatic carbocycles. The summed E-state index contributed by atoms with van der Waals surface area (Å²) in [6.07, 6.45) is 4.18. The Balaban J connectivity index is 1.54. The summed E-state index contributed by atoms with van der Waals surface area (Å²) < 4.78 is 44.7. The number of alkyl halides is 3. The second kappa shape index (κ2) is 5.94. The van der Waals surface area contributed by atoms with Crippen LogP contribution in [0.4, 0.5) is 19.1 Å². The maximum absolute atomic E-state index is 14.0. The van der Waals surface area contributed by atoms with Crippen LogP contribution in [0.5, 0.6) is 0 Å². The molecule has 0 saturated heterocycles. The first-order valence-electron chi connectivity index (χ1n) is 7.64. The lowest BCUT2D eigenvalue weighted by Gasteiger charge is -2.18. The maximum Gasteiger partial charge on any atom is 0.399 e. The van der Waals surface area contributed by atoms with E-state index in [1.807, 2.05) is 0 Å². The zero-order valence-corrected chi connectivity index (χ0v) is 13.8. The largest absolute Gasteiger partial charge is 0.414 e. The molecule has 0 bridgehead atoms. The van der Waals surface area contributed by atoms with Crippen LogP contribution in [-0.4, -0.2) is 20.2 Å². The second-order valence-electron chi connectivity index (χ2n) is 5.89. The first-order valence-corrected chi connectivity index (χ1v) is 8.01. The summed E-state index contributed by atoms with van der Waals surface area (Å²) in [5.74, 6) is -1.21. The minimum Gasteiger partial charge on any atom is -0.414 e. The quantitative estimate of drug-likeness (QED) is 0.672. The smallest absolute Gasteiger partial charge is 0.399 e. The summed E-state index contributed by atoms with van der Waals surface area (Å²) in [4.78, 5) is 8.23. The van der Waals surface area contributed by atoms with Gasteiger partial charge in [0.1, 0.15) is 5.82 Å². The molecule has 1 saturated carbocycles. The first-order chi connectivity index (χ1) is 12.4. The van der Waals surface area contributed by atoms with Crippen molar-refractivity contribution in [2.75, 3.05) is 5.32 Å². The van der Waals surface area contributed by atoms with Gasteiger partial charge in [-0.05, 0) is 30.5 Å². The molecule has 6 nitrogen and oxygen atoms in total. The second-order valence-corrected chi connectivity index (χ2v) is 6.37. The van der Waals surface area contributed by atoms with Gasteiger partial charge in [-0.2, -0.15) is 8.78 Å². The monoisotopic (exact) mass is 381 g/mol. The molecule has 2 aromatic heterocycles. The summed E-state index contributed by atoms with van der Waals surface area (Å²) in [6, 6.07) is 6.52. The molecule has 1 N–H and O–H groups in total. The van der Waals surface area contributed by atoms with Gasteiger partial charge in [0.2, 0.25) is 5.95 Å². The Labute approximate surface area is 150 Å². The number of rotatable bonds is 5. The van der Waals surface area contributed by atoms with E-state index in [1.165, 1.54) is 18.5 Å². The summed E-state index contributed by atoms with van der Waals surface area (Å²) in [6.45, 7) is 0. The topological polar surface area (TPSA) is 76.7 Å². The zero-order chi connectivity index (χ0) is 18.4. The van der Waals surface area contributed by atoms with Crippen LogP contribution in [0.25, 0.3) is 11.5 Å². The van der Waals surface area contributed by atoms with E-state index in [4.69, 9.17) is 16.0 Å². The van der Waals surface area contributed by atoms with E-state index < -0.39 is 16.8 Å². The van der Waals surface area contributed by atoms with Crippen LogP contribution >= 0.6 is 11.6 Å². The van der Waals surface area contributed by atoms with Crippen molar-refractivity contribution in [3.8, 4) is 11.5 Å². The van der Waals surface area contributed by atoms with E-state index in [0.717, 1.165) is 12.8 Å². The predicted octanol–water partition coefficient (Wildman–Crippen LogP) is 4.06. The first kappa shape index (κ1) is 16.8. The lowest BCUT2D eigenvalue weighted by Crippen LogP contribution is -2.21. The number of hydrogen-bond acceptors (Lipinski definition) is 6. The fourth-order valence-corrected chi connectivity index (χ4v) is 2.68. The number of aromatic nitrogens is 4. The van der Waals surface area contributed by atoms with Crippen LogP contribution in [0.3, 0.4) is 0 Å². The normalized spacial score (nSPS) is 15.7. The Bertz CT molecular complexity index is 938. The molecule has 2 heterocycles. The van der Waals surface area contributed by atoms with Gasteiger partial charge in [-0.15, -0.1) is 10.2 Å². The Kier molecular flexibility index (Phi) is 3.83. The predicted molar refractivity (Wildman–Crippen MR) is 86.0 cm³/mol. The van der Waals surface area contributed by atoms with Crippen molar-refractivity contribution in [1.82, 2.24) is 20.2 Å². The minimum atomic E-state index is -3.74. The standard InChI is InChI=1S/C16H11ClF3N5O/c17-16(19,20)13-25-24-12(26-13)9-7-21-14(22-8-9)23-15(5-6-15)10-3-1-2-4-11(10)18/h1-4,7-8H,5-6H2,(H,21,22,23). The fourth-order valence-electron chi connectivity index (χ4n) is 2.61. The van der Waals surface area contributed by atoms with E-state index in [2.05, 4.69) is 25.5 Å². The zero-order valence-electron chi connectivity index (χ0n) is 13.1. The number of hydrogen-bond donors (Lipinski definition) is 1. The van der Waals surface area contributed by atoms with Gasteiger partial charge in [0.05, 0.1) is 11.1 Å². The third-order valence-corrected chi connectivity index (χ3v) is 4.22. The number of nitrogens with one attached hydrogen (secondary N) is 1. The lowest BCUT2D eigenvalue weighted by molar-refractivity contribution is 0.0626. The molecule has 0 spiro atoms. The minimum absolute atomic E-state index is 0.179. The SMILES string of the molecule is Fc1ccccc1C1(Nc2ncc(-c3nnc(C(F)(F)Cl)o3)cn2)CC1. The van der Waals surface area contributed by atoms with Gasteiger partial charge in [-0.1, -0.05) is 18.2 Å². The highest BCUT2D eigenvalue weighted by atomic mass is 35.5. The van der Waals surface area contributed by atoms with Gasteiger partial charge < -0.3 is 9.73 Å².